The SMILES string of the molecule is O=C(O)CCCCCCC1CNCN1. The summed E-state index contributed by atoms with van der Waals surface area (Å²) in [6.07, 6.45) is 5.77. The van der Waals surface area contributed by atoms with Crippen molar-refractivity contribution in [3.63, 3.8) is 0 Å². The van der Waals surface area contributed by atoms with E-state index in [-0.39, 0.29) is 0 Å². The molecule has 1 heterocycles. The first-order valence-electron chi connectivity index (χ1n) is 5.45. The van der Waals surface area contributed by atoms with Crippen LogP contribution in [0, 0.1) is 0 Å². The molecule has 1 unspecified atom stereocenters. The van der Waals surface area contributed by atoms with Gasteiger partial charge in [-0.1, -0.05) is 19.3 Å². The van der Waals surface area contributed by atoms with Crippen LogP contribution in [-0.2, 0) is 4.79 Å². The van der Waals surface area contributed by atoms with Gasteiger partial charge in [0, 0.05) is 25.7 Å². The maximum Gasteiger partial charge on any atom is 0.303 e. The van der Waals surface area contributed by atoms with Crippen molar-refractivity contribution < 1.29 is 9.90 Å². The van der Waals surface area contributed by atoms with Crippen LogP contribution in [0.2, 0.25) is 0 Å². The number of unbranched alkanes of at least 4 members (excludes halogenated alkanes) is 3. The van der Waals surface area contributed by atoms with Gasteiger partial charge in [0.05, 0.1) is 0 Å². The Morgan fingerprint density at radius 3 is 2.71 bits per heavy atom. The highest BCUT2D eigenvalue weighted by Crippen LogP contribution is 2.08. The number of rotatable bonds is 7. The summed E-state index contributed by atoms with van der Waals surface area (Å²) < 4.78 is 0. The molecular formula is C10H20N2O2. The summed E-state index contributed by atoms with van der Waals surface area (Å²) in [5.74, 6) is -0.674. The number of hydrogen-bond donors (Lipinski definition) is 3. The molecule has 1 saturated heterocycles. The summed E-state index contributed by atoms with van der Waals surface area (Å²) in [6.45, 7) is 2.01. The minimum atomic E-state index is -0.674. The molecule has 0 aromatic heterocycles. The van der Waals surface area contributed by atoms with Gasteiger partial charge in [-0.2, -0.15) is 0 Å². The first-order chi connectivity index (χ1) is 6.79. The van der Waals surface area contributed by atoms with Gasteiger partial charge in [0.25, 0.3) is 0 Å². The second-order valence-corrected chi connectivity index (χ2v) is 3.88. The third kappa shape index (κ3) is 5.19. The van der Waals surface area contributed by atoms with Crippen LogP contribution in [0.25, 0.3) is 0 Å². The van der Waals surface area contributed by atoms with Crippen molar-refractivity contribution >= 4 is 5.97 Å². The normalized spacial score (nSPS) is 21.3. The Hall–Kier alpha value is -0.610. The van der Waals surface area contributed by atoms with Crippen LogP contribution < -0.4 is 10.6 Å². The molecule has 4 nitrogen and oxygen atoms in total. The predicted octanol–water partition coefficient (Wildman–Crippen LogP) is 0.931. The summed E-state index contributed by atoms with van der Waals surface area (Å²) in [5, 5.41) is 15.0. The Morgan fingerprint density at radius 2 is 2.07 bits per heavy atom. The molecule has 1 fully saturated rings. The first-order valence-corrected chi connectivity index (χ1v) is 5.45. The highest BCUT2D eigenvalue weighted by molar-refractivity contribution is 5.66. The van der Waals surface area contributed by atoms with Gasteiger partial charge < -0.3 is 15.7 Å². The lowest BCUT2D eigenvalue weighted by Gasteiger charge is -2.07. The zero-order chi connectivity index (χ0) is 10.2. The van der Waals surface area contributed by atoms with Crippen molar-refractivity contribution in [1.82, 2.24) is 10.6 Å². The lowest BCUT2D eigenvalue weighted by molar-refractivity contribution is -0.137. The molecule has 0 bridgehead atoms. The van der Waals surface area contributed by atoms with E-state index in [9.17, 15) is 4.79 Å². The minimum absolute atomic E-state index is 0.323. The van der Waals surface area contributed by atoms with E-state index in [1.165, 1.54) is 12.8 Å². The van der Waals surface area contributed by atoms with E-state index in [0.29, 0.717) is 12.5 Å². The molecule has 0 spiro atoms. The molecule has 0 saturated carbocycles. The summed E-state index contributed by atoms with van der Waals surface area (Å²) in [5.41, 5.74) is 0. The molecule has 82 valence electrons. The van der Waals surface area contributed by atoms with Crippen molar-refractivity contribution in [1.29, 1.82) is 0 Å². The second kappa shape index (κ2) is 6.79. The zero-order valence-corrected chi connectivity index (χ0v) is 8.59. The Morgan fingerprint density at radius 1 is 1.29 bits per heavy atom. The van der Waals surface area contributed by atoms with E-state index in [1.54, 1.807) is 0 Å². The molecule has 0 aromatic rings. The lowest BCUT2D eigenvalue weighted by Crippen LogP contribution is -2.23. The van der Waals surface area contributed by atoms with Gasteiger partial charge in [0.2, 0.25) is 0 Å². The lowest BCUT2D eigenvalue weighted by atomic mass is 10.1. The number of nitrogens with one attached hydrogen (secondary N) is 2. The van der Waals surface area contributed by atoms with Gasteiger partial charge in [-0.3, -0.25) is 4.79 Å². The third-order valence-electron chi connectivity index (χ3n) is 2.60. The van der Waals surface area contributed by atoms with Crippen molar-refractivity contribution in [2.24, 2.45) is 0 Å². The van der Waals surface area contributed by atoms with Gasteiger partial charge in [-0.15, -0.1) is 0 Å². The van der Waals surface area contributed by atoms with Crippen molar-refractivity contribution in [3.05, 3.63) is 0 Å². The van der Waals surface area contributed by atoms with Crippen LogP contribution in [0.4, 0.5) is 0 Å². The van der Waals surface area contributed by atoms with Crippen LogP contribution in [0.1, 0.15) is 38.5 Å². The van der Waals surface area contributed by atoms with Crippen LogP contribution in [0.5, 0.6) is 0 Å². The largest absolute Gasteiger partial charge is 0.481 e. The highest BCUT2D eigenvalue weighted by atomic mass is 16.4. The first kappa shape index (κ1) is 11.5. The van der Waals surface area contributed by atoms with E-state index >= 15 is 0 Å². The summed E-state index contributed by atoms with van der Waals surface area (Å²) >= 11 is 0. The van der Waals surface area contributed by atoms with Crippen LogP contribution >= 0.6 is 0 Å². The molecule has 0 aliphatic carbocycles. The topological polar surface area (TPSA) is 61.4 Å². The molecule has 0 radical (unpaired) electrons. The molecule has 1 aliphatic heterocycles. The monoisotopic (exact) mass is 200 g/mol. The van der Waals surface area contributed by atoms with Crippen molar-refractivity contribution in [2.45, 2.75) is 44.6 Å². The van der Waals surface area contributed by atoms with Gasteiger partial charge in [-0.25, -0.2) is 0 Å². The number of carbonyl (C=O) groups is 1. The third-order valence-corrected chi connectivity index (χ3v) is 2.60. The molecular weight excluding hydrogens is 180 g/mol. The van der Waals surface area contributed by atoms with Crippen molar-refractivity contribution in [3.8, 4) is 0 Å². The zero-order valence-electron chi connectivity index (χ0n) is 8.59. The quantitative estimate of drug-likeness (QED) is 0.535. The molecule has 1 atom stereocenters. The van der Waals surface area contributed by atoms with Gasteiger partial charge in [0.1, 0.15) is 0 Å². The van der Waals surface area contributed by atoms with Crippen molar-refractivity contribution in [2.75, 3.05) is 13.2 Å². The average Bonchev–Trinajstić information content (AvgIpc) is 2.63. The van der Waals surface area contributed by atoms with Gasteiger partial charge >= 0.3 is 5.97 Å². The second-order valence-electron chi connectivity index (χ2n) is 3.88. The van der Waals surface area contributed by atoms with E-state index < -0.39 is 5.97 Å². The van der Waals surface area contributed by atoms with E-state index in [4.69, 9.17) is 5.11 Å². The fourth-order valence-electron chi connectivity index (χ4n) is 1.76. The van der Waals surface area contributed by atoms with E-state index in [1.807, 2.05) is 0 Å². The van der Waals surface area contributed by atoms with E-state index in [0.717, 1.165) is 32.5 Å². The standard InChI is InChI=1S/C10H20N2O2/c13-10(14)6-4-2-1-3-5-9-7-11-8-12-9/h9,11-12H,1-8H2,(H,13,14). The number of hydrogen-bond acceptors (Lipinski definition) is 3. The Bertz CT molecular complexity index is 168. The molecule has 0 amide bonds. The van der Waals surface area contributed by atoms with Crippen LogP contribution in [-0.4, -0.2) is 30.3 Å². The van der Waals surface area contributed by atoms with Crippen LogP contribution in [0.3, 0.4) is 0 Å². The smallest absolute Gasteiger partial charge is 0.303 e. The van der Waals surface area contributed by atoms with Gasteiger partial charge in [-0.05, 0) is 12.8 Å². The van der Waals surface area contributed by atoms with E-state index in [2.05, 4.69) is 10.6 Å². The number of aliphatic carboxylic acids is 1. The molecule has 1 rings (SSSR count). The maximum atomic E-state index is 10.2. The van der Waals surface area contributed by atoms with Gasteiger partial charge in [0.15, 0.2) is 0 Å². The minimum Gasteiger partial charge on any atom is -0.481 e. The number of carboxylic acids is 1. The molecule has 3 N–H and O–H groups in total. The summed E-state index contributed by atoms with van der Waals surface area (Å²) in [6, 6.07) is 0.634. The highest BCUT2D eigenvalue weighted by Gasteiger charge is 2.11. The molecule has 14 heavy (non-hydrogen) atoms. The maximum absolute atomic E-state index is 10.2. The number of carboxylic acid groups (broad SMARTS) is 1. The Kier molecular flexibility index (Phi) is 5.56. The van der Waals surface area contributed by atoms with Crippen LogP contribution in [0.15, 0.2) is 0 Å². The Labute approximate surface area is 85.1 Å². The molecule has 1 aliphatic rings. The molecule has 4 heteroatoms. The Balaban J connectivity index is 1.82. The fraction of sp³-hybridized carbons (Fsp3) is 0.900. The fourth-order valence-corrected chi connectivity index (χ4v) is 1.76. The predicted molar refractivity (Wildman–Crippen MR) is 55.1 cm³/mol. The molecule has 0 aromatic carbocycles. The summed E-state index contributed by atoms with van der Waals surface area (Å²) in [4.78, 5) is 10.2. The average molecular weight is 200 g/mol. The summed E-state index contributed by atoms with van der Waals surface area (Å²) in [7, 11) is 0.